The summed E-state index contributed by atoms with van der Waals surface area (Å²) in [4.78, 5) is 12.9. The molecule has 2 nitrogen and oxygen atoms in total. The molecule has 0 aromatic heterocycles. The van der Waals surface area contributed by atoms with Crippen LogP contribution >= 0.6 is 23.2 Å². The molecule has 24 heavy (non-hydrogen) atoms. The van der Waals surface area contributed by atoms with Gasteiger partial charge < -0.3 is 5.32 Å². The van der Waals surface area contributed by atoms with Crippen molar-refractivity contribution in [1.29, 1.82) is 0 Å². The van der Waals surface area contributed by atoms with E-state index in [1.807, 2.05) is 48.5 Å². The molecule has 1 aliphatic rings. The number of ketones is 1. The van der Waals surface area contributed by atoms with Gasteiger partial charge in [0.1, 0.15) is 5.78 Å². The van der Waals surface area contributed by atoms with E-state index in [0.717, 1.165) is 11.1 Å². The molecule has 2 aromatic carbocycles. The van der Waals surface area contributed by atoms with Crippen LogP contribution in [0.3, 0.4) is 0 Å². The van der Waals surface area contributed by atoms with Crippen molar-refractivity contribution in [2.45, 2.75) is 32.4 Å². The van der Waals surface area contributed by atoms with Crippen molar-refractivity contribution >= 4 is 29.0 Å². The van der Waals surface area contributed by atoms with Crippen molar-refractivity contribution in [2.75, 3.05) is 0 Å². The van der Waals surface area contributed by atoms with Crippen LogP contribution in [0.15, 0.2) is 48.5 Å². The molecule has 1 saturated heterocycles. The fourth-order valence-corrected chi connectivity index (χ4v) is 4.00. The third-order valence-corrected chi connectivity index (χ3v) is 5.16. The van der Waals surface area contributed by atoms with Gasteiger partial charge in [0.25, 0.3) is 0 Å². The van der Waals surface area contributed by atoms with Crippen molar-refractivity contribution in [3.05, 3.63) is 69.7 Å². The molecule has 0 spiro atoms. The summed E-state index contributed by atoms with van der Waals surface area (Å²) in [5, 5.41) is 5.04. The minimum absolute atomic E-state index is 0.0322. The fourth-order valence-electron chi connectivity index (χ4n) is 3.60. The number of rotatable bonds is 3. The van der Waals surface area contributed by atoms with Gasteiger partial charge in [0.2, 0.25) is 0 Å². The number of hydrogen-bond donors (Lipinski definition) is 1. The second kappa shape index (κ2) is 7.26. The summed E-state index contributed by atoms with van der Waals surface area (Å²) >= 11 is 12.3. The van der Waals surface area contributed by atoms with Crippen molar-refractivity contribution in [3.8, 4) is 0 Å². The minimum atomic E-state index is -0.0566. The predicted octanol–water partition coefficient (Wildman–Crippen LogP) is 5.61. The molecule has 3 unspecified atom stereocenters. The molecule has 126 valence electrons. The van der Waals surface area contributed by atoms with Crippen LogP contribution in [0, 0.1) is 11.8 Å². The fraction of sp³-hybridized carbons (Fsp3) is 0.350. The van der Waals surface area contributed by atoms with E-state index < -0.39 is 0 Å². The highest BCUT2D eigenvalue weighted by Gasteiger charge is 2.39. The van der Waals surface area contributed by atoms with Gasteiger partial charge in [0.05, 0.1) is 0 Å². The number of carbonyl (C=O) groups is 1. The van der Waals surface area contributed by atoms with E-state index in [1.54, 1.807) is 0 Å². The molecule has 1 aliphatic heterocycles. The van der Waals surface area contributed by atoms with E-state index >= 15 is 0 Å². The van der Waals surface area contributed by atoms with Gasteiger partial charge in [-0.25, -0.2) is 0 Å². The summed E-state index contributed by atoms with van der Waals surface area (Å²) in [7, 11) is 0. The van der Waals surface area contributed by atoms with Gasteiger partial charge in [-0.05, 0) is 41.3 Å². The average Bonchev–Trinajstić information content (AvgIpc) is 2.53. The molecule has 3 rings (SSSR count). The second-order valence-corrected chi connectivity index (χ2v) is 7.62. The topological polar surface area (TPSA) is 29.1 Å². The molecular formula is C20H21Cl2NO. The Morgan fingerprint density at radius 2 is 1.58 bits per heavy atom. The largest absolute Gasteiger partial charge is 0.302 e. The normalized spacial score (nSPS) is 24.4. The molecule has 0 radical (unpaired) electrons. The highest BCUT2D eigenvalue weighted by atomic mass is 35.5. The summed E-state index contributed by atoms with van der Waals surface area (Å²) in [6.45, 7) is 4.20. The Morgan fingerprint density at radius 3 is 2.17 bits per heavy atom. The molecular weight excluding hydrogens is 341 g/mol. The van der Waals surface area contributed by atoms with Crippen molar-refractivity contribution < 1.29 is 4.79 Å². The number of nitrogens with one attached hydrogen (secondary N) is 1. The van der Waals surface area contributed by atoms with Gasteiger partial charge in [-0.3, -0.25) is 4.79 Å². The first-order valence-electron chi connectivity index (χ1n) is 8.25. The van der Waals surface area contributed by atoms with Crippen molar-refractivity contribution in [1.82, 2.24) is 5.32 Å². The molecule has 4 heteroatoms. The number of halogens is 2. The quantitative estimate of drug-likeness (QED) is 0.769. The Kier molecular flexibility index (Phi) is 5.29. The van der Waals surface area contributed by atoms with Gasteiger partial charge in [0.15, 0.2) is 0 Å². The summed E-state index contributed by atoms with van der Waals surface area (Å²) in [5.74, 6) is 0.492. The van der Waals surface area contributed by atoms with Gasteiger partial charge in [-0.1, -0.05) is 61.3 Å². The van der Waals surface area contributed by atoms with E-state index in [4.69, 9.17) is 23.2 Å². The highest BCUT2D eigenvalue weighted by molar-refractivity contribution is 6.30. The third kappa shape index (κ3) is 3.66. The molecule has 1 fully saturated rings. The van der Waals surface area contributed by atoms with Crippen molar-refractivity contribution in [3.63, 3.8) is 0 Å². The molecule has 0 amide bonds. The molecule has 0 aliphatic carbocycles. The minimum Gasteiger partial charge on any atom is -0.302 e. The third-order valence-electron chi connectivity index (χ3n) is 4.69. The number of piperidine rings is 1. The van der Waals surface area contributed by atoms with Crippen LogP contribution in [-0.2, 0) is 4.79 Å². The number of benzene rings is 2. The zero-order valence-electron chi connectivity index (χ0n) is 13.8. The first kappa shape index (κ1) is 17.5. The van der Waals surface area contributed by atoms with Gasteiger partial charge in [-0.2, -0.15) is 0 Å². The number of hydrogen-bond acceptors (Lipinski definition) is 2. The molecule has 2 aromatic rings. The zero-order chi connectivity index (χ0) is 17.3. The van der Waals surface area contributed by atoms with E-state index in [0.29, 0.717) is 22.2 Å². The summed E-state index contributed by atoms with van der Waals surface area (Å²) in [5.41, 5.74) is 2.10. The lowest BCUT2D eigenvalue weighted by Crippen LogP contribution is -2.44. The summed E-state index contributed by atoms with van der Waals surface area (Å²) in [6, 6.07) is 15.4. The van der Waals surface area contributed by atoms with Gasteiger partial charge in [-0.15, -0.1) is 0 Å². The van der Waals surface area contributed by atoms with E-state index in [9.17, 15) is 4.79 Å². The Morgan fingerprint density at radius 1 is 1.00 bits per heavy atom. The predicted molar refractivity (Wildman–Crippen MR) is 99.5 cm³/mol. The Hall–Kier alpha value is -1.35. The molecule has 0 bridgehead atoms. The van der Waals surface area contributed by atoms with Gasteiger partial charge >= 0.3 is 0 Å². The number of Topliss-reactive ketones (excluding diaryl/α,β-unsaturated/α-hetero) is 1. The summed E-state index contributed by atoms with van der Waals surface area (Å²) in [6.07, 6.45) is 0.486. The van der Waals surface area contributed by atoms with Gasteiger partial charge in [0, 0.05) is 34.5 Å². The first-order valence-corrected chi connectivity index (χ1v) is 9.01. The van der Waals surface area contributed by atoms with Crippen LogP contribution in [0.5, 0.6) is 0 Å². The van der Waals surface area contributed by atoms with Crippen LogP contribution in [0.2, 0.25) is 10.0 Å². The standard InChI is InChI=1S/C20H21Cl2NO/c1-12(2)19-18(24)11-17(13-5-3-7-15(21)9-13)23-20(19)14-6-4-8-16(22)10-14/h3-10,12,17,19-20,23H,11H2,1-2H3. The maximum atomic E-state index is 12.9. The highest BCUT2D eigenvalue weighted by Crippen LogP contribution is 2.39. The van der Waals surface area contributed by atoms with Crippen LogP contribution in [-0.4, -0.2) is 5.78 Å². The maximum absolute atomic E-state index is 12.9. The van der Waals surface area contributed by atoms with Crippen LogP contribution < -0.4 is 5.32 Å². The lowest BCUT2D eigenvalue weighted by molar-refractivity contribution is -0.128. The Bertz CT molecular complexity index is 744. The van der Waals surface area contributed by atoms with E-state index in [-0.39, 0.29) is 23.9 Å². The Labute approximate surface area is 153 Å². The zero-order valence-corrected chi connectivity index (χ0v) is 15.3. The maximum Gasteiger partial charge on any atom is 0.140 e. The van der Waals surface area contributed by atoms with E-state index in [1.165, 1.54) is 0 Å². The van der Waals surface area contributed by atoms with E-state index in [2.05, 4.69) is 19.2 Å². The average molecular weight is 362 g/mol. The smallest absolute Gasteiger partial charge is 0.140 e. The molecule has 0 saturated carbocycles. The molecule has 3 atom stereocenters. The second-order valence-electron chi connectivity index (χ2n) is 6.75. The molecule has 1 heterocycles. The molecule has 1 N–H and O–H groups in total. The van der Waals surface area contributed by atoms with Crippen molar-refractivity contribution in [2.24, 2.45) is 11.8 Å². The van der Waals surface area contributed by atoms with Crippen LogP contribution in [0.1, 0.15) is 43.5 Å². The monoisotopic (exact) mass is 361 g/mol. The SMILES string of the molecule is CC(C)C1C(=O)CC(c2cccc(Cl)c2)NC1c1cccc(Cl)c1. The lowest BCUT2D eigenvalue weighted by Gasteiger charge is -2.39. The number of carbonyl (C=O) groups excluding carboxylic acids is 1. The summed E-state index contributed by atoms with van der Waals surface area (Å²) < 4.78 is 0. The van der Waals surface area contributed by atoms with Crippen LogP contribution in [0.4, 0.5) is 0 Å². The lowest BCUT2D eigenvalue weighted by atomic mass is 9.75. The van der Waals surface area contributed by atoms with Crippen LogP contribution in [0.25, 0.3) is 0 Å². The first-order chi connectivity index (χ1) is 11.5. The Balaban J connectivity index is 1.97.